The normalized spacial score (nSPS) is 19.3. The van der Waals surface area contributed by atoms with Crippen LogP contribution in [0, 0.1) is 0 Å². The fourth-order valence-electron chi connectivity index (χ4n) is 3.85. The number of nitrogens with zero attached hydrogens (tertiary/aromatic N) is 3. The van der Waals surface area contributed by atoms with Crippen molar-refractivity contribution in [3.05, 3.63) is 54.2 Å². The number of carbonyl (C=O) groups excluding carboxylic acids is 2. The number of hydrogen-bond acceptors (Lipinski definition) is 4. The molecule has 0 spiro atoms. The molecule has 1 N–H and O–H groups in total. The number of nitrogens with one attached hydrogen (secondary N) is 1. The highest BCUT2D eigenvalue weighted by molar-refractivity contribution is 6.01. The largest absolute Gasteiger partial charge is 0.357 e. The molecule has 27 heavy (non-hydrogen) atoms. The van der Waals surface area contributed by atoms with Crippen molar-refractivity contribution < 1.29 is 9.59 Å². The average molecular weight is 364 g/mol. The van der Waals surface area contributed by atoms with Gasteiger partial charge in [-0.05, 0) is 49.9 Å². The van der Waals surface area contributed by atoms with E-state index in [1.165, 1.54) is 12.8 Å². The van der Waals surface area contributed by atoms with Crippen LogP contribution < -0.4 is 10.2 Å². The minimum absolute atomic E-state index is 0.0873. The first-order valence-electron chi connectivity index (χ1n) is 9.60. The van der Waals surface area contributed by atoms with Crippen LogP contribution >= 0.6 is 0 Å². The van der Waals surface area contributed by atoms with Crippen molar-refractivity contribution in [3.8, 4) is 0 Å². The summed E-state index contributed by atoms with van der Waals surface area (Å²) < 4.78 is 0. The van der Waals surface area contributed by atoms with E-state index in [1.807, 2.05) is 30.3 Å². The number of carbonyl (C=O) groups is 2. The second-order valence-electron chi connectivity index (χ2n) is 7.11. The summed E-state index contributed by atoms with van der Waals surface area (Å²) >= 11 is 0. The molecule has 1 atom stereocenters. The maximum atomic E-state index is 12.8. The second-order valence-corrected chi connectivity index (χ2v) is 7.11. The Bertz CT molecular complexity index is 801. The Balaban J connectivity index is 1.42. The van der Waals surface area contributed by atoms with Gasteiger partial charge >= 0.3 is 0 Å². The Labute approximate surface area is 159 Å². The molecule has 140 valence electrons. The molecule has 2 aliphatic rings. The molecule has 1 aromatic heterocycles. The van der Waals surface area contributed by atoms with Crippen molar-refractivity contribution in [1.29, 1.82) is 0 Å². The third kappa shape index (κ3) is 3.79. The molecule has 3 heterocycles. The lowest BCUT2D eigenvalue weighted by molar-refractivity contribution is -0.119. The standard InChI is InChI=1S/C21H24N4O2/c26-20(23-17-10-11-19(22-15-17)24-12-4-5-13-24)18-9-6-14-25(18)21(27)16-7-2-1-3-8-16/h1-3,7-8,10-11,15,18H,4-6,9,12-14H2,(H,23,26). The summed E-state index contributed by atoms with van der Waals surface area (Å²) in [6.07, 6.45) is 5.62. The Morgan fingerprint density at radius 1 is 0.963 bits per heavy atom. The first kappa shape index (κ1) is 17.5. The summed E-state index contributed by atoms with van der Waals surface area (Å²) in [5.41, 5.74) is 1.29. The molecule has 0 saturated carbocycles. The Hall–Kier alpha value is -2.89. The van der Waals surface area contributed by atoms with Crippen LogP contribution in [0.15, 0.2) is 48.7 Å². The second kappa shape index (κ2) is 7.78. The summed E-state index contributed by atoms with van der Waals surface area (Å²) in [6, 6.07) is 12.5. The van der Waals surface area contributed by atoms with E-state index in [2.05, 4.69) is 15.2 Å². The zero-order valence-electron chi connectivity index (χ0n) is 15.3. The fraction of sp³-hybridized carbons (Fsp3) is 0.381. The fourth-order valence-corrected chi connectivity index (χ4v) is 3.85. The van der Waals surface area contributed by atoms with Crippen LogP contribution in [0.5, 0.6) is 0 Å². The lowest BCUT2D eigenvalue weighted by atomic mass is 10.1. The number of anilines is 2. The molecule has 1 aromatic carbocycles. The molecule has 1 unspecified atom stereocenters. The number of benzene rings is 1. The molecule has 4 rings (SSSR count). The summed E-state index contributed by atoms with van der Waals surface area (Å²) in [5, 5.41) is 2.92. The number of aromatic nitrogens is 1. The van der Waals surface area contributed by atoms with Gasteiger partial charge in [-0.25, -0.2) is 4.98 Å². The number of hydrogen-bond donors (Lipinski definition) is 1. The molecule has 0 aliphatic carbocycles. The maximum absolute atomic E-state index is 12.8. The molecule has 2 saturated heterocycles. The third-order valence-electron chi connectivity index (χ3n) is 5.28. The van der Waals surface area contributed by atoms with Crippen molar-refractivity contribution in [2.45, 2.75) is 31.7 Å². The highest BCUT2D eigenvalue weighted by Gasteiger charge is 2.34. The van der Waals surface area contributed by atoms with Crippen molar-refractivity contribution in [1.82, 2.24) is 9.88 Å². The Kier molecular flexibility index (Phi) is 5.05. The zero-order valence-corrected chi connectivity index (χ0v) is 15.3. The first-order chi connectivity index (χ1) is 13.2. The minimum atomic E-state index is -0.434. The van der Waals surface area contributed by atoms with Gasteiger partial charge in [-0.2, -0.15) is 0 Å². The van der Waals surface area contributed by atoms with E-state index in [9.17, 15) is 9.59 Å². The van der Waals surface area contributed by atoms with Crippen molar-refractivity contribution in [2.24, 2.45) is 0 Å². The molecule has 0 bridgehead atoms. The quantitative estimate of drug-likeness (QED) is 0.906. The van der Waals surface area contributed by atoms with Gasteiger partial charge in [-0.1, -0.05) is 18.2 Å². The van der Waals surface area contributed by atoms with Crippen molar-refractivity contribution >= 4 is 23.3 Å². The maximum Gasteiger partial charge on any atom is 0.254 e. The predicted octanol–water partition coefficient (Wildman–Crippen LogP) is 2.93. The van der Waals surface area contributed by atoms with Crippen LogP contribution in [0.4, 0.5) is 11.5 Å². The van der Waals surface area contributed by atoms with E-state index >= 15 is 0 Å². The van der Waals surface area contributed by atoms with E-state index in [4.69, 9.17) is 0 Å². The van der Waals surface area contributed by atoms with Crippen molar-refractivity contribution in [3.63, 3.8) is 0 Å². The number of likely N-dealkylation sites (tertiary alicyclic amines) is 1. The number of amides is 2. The molecular formula is C21H24N4O2. The predicted molar refractivity (Wildman–Crippen MR) is 105 cm³/mol. The summed E-state index contributed by atoms with van der Waals surface area (Å²) in [6.45, 7) is 2.69. The molecule has 2 aromatic rings. The van der Waals surface area contributed by atoms with E-state index in [0.29, 0.717) is 24.2 Å². The monoisotopic (exact) mass is 364 g/mol. The zero-order chi connectivity index (χ0) is 18.6. The summed E-state index contributed by atoms with van der Waals surface area (Å²) in [4.78, 5) is 33.9. The SMILES string of the molecule is O=C(Nc1ccc(N2CCCC2)nc1)C1CCCN1C(=O)c1ccccc1. The third-order valence-corrected chi connectivity index (χ3v) is 5.28. The molecule has 6 heteroatoms. The molecule has 2 aliphatic heterocycles. The minimum Gasteiger partial charge on any atom is -0.357 e. The van der Waals surface area contributed by atoms with Gasteiger partial charge in [0.2, 0.25) is 5.91 Å². The van der Waals surface area contributed by atoms with Gasteiger partial charge in [0.05, 0.1) is 11.9 Å². The van der Waals surface area contributed by atoms with Crippen LogP contribution in [-0.2, 0) is 4.79 Å². The smallest absolute Gasteiger partial charge is 0.254 e. The topological polar surface area (TPSA) is 65.5 Å². The lowest BCUT2D eigenvalue weighted by Crippen LogP contribution is -2.43. The number of rotatable bonds is 4. The molecule has 2 amide bonds. The molecule has 6 nitrogen and oxygen atoms in total. The van der Waals surface area contributed by atoms with Crippen LogP contribution in [0.25, 0.3) is 0 Å². The van der Waals surface area contributed by atoms with E-state index in [-0.39, 0.29) is 11.8 Å². The van der Waals surface area contributed by atoms with Crippen LogP contribution in [0.2, 0.25) is 0 Å². The number of pyridine rings is 1. The highest BCUT2D eigenvalue weighted by Crippen LogP contribution is 2.23. The van der Waals surface area contributed by atoms with Crippen LogP contribution in [0.3, 0.4) is 0 Å². The van der Waals surface area contributed by atoms with Crippen LogP contribution in [0.1, 0.15) is 36.0 Å². The van der Waals surface area contributed by atoms with Gasteiger partial charge in [0, 0.05) is 25.2 Å². The van der Waals surface area contributed by atoms with Gasteiger partial charge in [0.15, 0.2) is 0 Å². The van der Waals surface area contributed by atoms with Crippen LogP contribution in [-0.4, -0.2) is 47.4 Å². The Morgan fingerprint density at radius 2 is 1.74 bits per heavy atom. The van der Waals surface area contributed by atoms with Gasteiger partial charge in [0.1, 0.15) is 11.9 Å². The van der Waals surface area contributed by atoms with Gasteiger partial charge < -0.3 is 15.1 Å². The van der Waals surface area contributed by atoms with Gasteiger partial charge in [0.25, 0.3) is 5.91 Å². The molecule has 2 fully saturated rings. The molecule has 0 radical (unpaired) electrons. The molecular weight excluding hydrogens is 340 g/mol. The van der Waals surface area contributed by atoms with Gasteiger partial charge in [-0.15, -0.1) is 0 Å². The van der Waals surface area contributed by atoms with E-state index < -0.39 is 6.04 Å². The highest BCUT2D eigenvalue weighted by atomic mass is 16.2. The van der Waals surface area contributed by atoms with Gasteiger partial charge in [-0.3, -0.25) is 9.59 Å². The lowest BCUT2D eigenvalue weighted by Gasteiger charge is -2.24. The summed E-state index contributed by atoms with van der Waals surface area (Å²) in [5.74, 6) is 0.718. The van der Waals surface area contributed by atoms with Crippen molar-refractivity contribution in [2.75, 3.05) is 29.9 Å². The van der Waals surface area contributed by atoms with E-state index in [0.717, 1.165) is 25.3 Å². The Morgan fingerprint density at radius 3 is 2.44 bits per heavy atom. The van der Waals surface area contributed by atoms with E-state index in [1.54, 1.807) is 23.2 Å². The average Bonchev–Trinajstić information content (AvgIpc) is 3.41. The first-order valence-corrected chi connectivity index (χ1v) is 9.60. The summed E-state index contributed by atoms with van der Waals surface area (Å²) in [7, 11) is 0.